The number of nitrogens with two attached hydrogens (primary N) is 1. The first-order valence-electron chi connectivity index (χ1n) is 6.52. The molecule has 2 rings (SSSR count). The zero-order chi connectivity index (χ0) is 14.5. The minimum absolute atomic E-state index is 0.113. The van der Waals surface area contributed by atoms with E-state index >= 15 is 0 Å². The number of aryl methyl sites for hydroxylation is 1. The van der Waals surface area contributed by atoms with Crippen LogP contribution >= 0.6 is 11.6 Å². The molecule has 0 spiro atoms. The van der Waals surface area contributed by atoms with Crippen molar-refractivity contribution in [1.29, 1.82) is 0 Å². The van der Waals surface area contributed by atoms with Crippen LogP contribution < -0.4 is 5.73 Å². The molecule has 5 heteroatoms. The van der Waals surface area contributed by atoms with Crippen molar-refractivity contribution >= 4 is 17.6 Å². The summed E-state index contributed by atoms with van der Waals surface area (Å²) in [6.07, 6.45) is 6.97. The summed E-state index contributed by atoms with van der Waals surface area (Å²) in [7, 11) is 0. The summed E-state index contributed by atoms with van der Waals surface area (Å²) in [5.41, 5.74) is 7.59. The van der Waals surface area contributed by atoms with Crippen LogP contribution in [-0.2, 0) is 6.42 Å². The molecule has 0 saturated heterocycles. The monoisotopic (exact) mass is 292 g/mol. The zero-order valence-electron chi connectivity index (χ0n) is 11.1. The van der Waals surface area contributed by atoms with Crippen molar-refractivity contribution in [2.24, 2.45) is 5.73 Å². The summed E-state index contributed by atoms with van der Waals surface area (Å²) in [6.45, 7) is 0.708. The zero-order valence-corrected chi connectivity index (χ0v) is 11.8. The smallest absolute Gasteiger partial charge is 0.337 e. The minimum Gasteiger partial charge on any atom is -0.478 e. The molecular weight excluding hydrogens is 276 g/mol. The van der Waals surface area contributed by atoms with Gasteiger partial charge in [-0.25, -0.2) is 4.79 Å². The SMILES string of the molecule is NCCCCc1ccn(-c2ccc(Cl)c(C(=O)O)c2)c1. The van der Waals surface area contributed by atoms with Gasteiger partial charge in [0.2, 0.25) is 0 Å². The fourth-order valence-electron chi connectivity index (χ4n) is 2.06. The van der Waals surface area contributed by atoms with E-state index in [4.69, 9.17) is 22.4 Å². The molecule has 1 aromatic heterocycles. The number of carboxylic acid groups (broad SMARTS) is 1. The normalized spacial score (nSPS) is 10.7. The van der Waals surface area contributed by atoms with E-state index < -0.39 is 5.97 Å². The van der Waals surface area contributed by atoms with Gasteiger partial charge < -0.3 is 15.4 Å². The Kier molecular flexibility index (Phi) is 4.82. The van der Waals surface area contributed by atoms with Crippen molar-refractivity contribution < 1.29 is 9.90 Å². The Morgan fingerprint density at radius 1 is 1.30 bits per heavy atom. The van der Waals surface area contributed by atoms with Crippen molar-refractivity contribution in [2.45, 2.75) is 19.3 Å². The van der Waals surface area contributed by atoms with E-state index in [9.17, 15) is 4.79 Å². The Balaban J connectivity index is 2.19. The molecule has 0 amide bonds. The molecule has 4 nitrogen and oxygen atoms in total. The number of unbranched alkanes of at least 4 members (excludes halogenated alkanes) is 1. The molecule has 0 saturated carbocycles. The van der Waals surface area contributed by atoms with Crippen LogP contribution in [0.5, 0.6) is 0 Å². The topological polar surface area (TPSA) is 68.2 Å². The number of carboxylic acids is 1. The fourth-order valence-corrected chi connectivity index (χ4v) is 2.26. The Bertz CT molecular complexity index is 608. The summed E-state index contributed by atoms with van der Waals surface area (Å²) in [5.74, 6) is -1.02. The number of nitrogens with zero attached hydrogens (tertiary/aromatic N) is 1. The number of benzene rings is 1. The van der Waals surface area contributed by atoms with Gasteiger partial charge in [0.1, 0.15) is 0 Å². The second kappa shape index (κ2) is 6.59. The van der Waals surface area contributed by atoms with Crippen molar-refractivity contribution in [2.75, 3.05) is 6.54 Å². The summed E-state index contributed by atoms with van der Waals surface area (Å²) in [4.78, 5) is 11.1. The molecule has 1 heterocycles. The van der Waals surface area contributed by atoms with E-state index in [0.717, 1.165) is 24.9 Å². The third kappa shape index (κ3) is 3.40. The van der Waals surface area contributed by atoms with Crippen LogP contribution in [0.25, 0.3) is 5.69 Å². The minimum atomic E-state index is -1.02. The maximum absolute atomic E-state index is 11.1. The van der Waals surface area contributed by atoms with Gasteiger partial charge in [0.15, 0.2) is 0 Å². The lowest BCUT2D eigenvalue weighted by Crippen LogP contribution is -2.00. The molecule has 0 aliphatic carbocycles. The van der Waals surface area contributed by atoms with Crippen molar-refractivity contribution in [3.05, 3.63) is 52.8 Å². The third-order valence-electron chi connectivity index (χ3n) is 3.15. The van der Waals surface area contributed by atoms with E-state index in [-0.39, 0.29) is 10.6 Å². The van der Waals surface area contributed by atoms with Crippen molar-refractivity contribution in [3.63, 3.8) is 0 Å². The van der Waals surface area contributed by atoms with E-state index in [1.807, 2.05) is 23.0 Å². The molecule has 0 unspecified atom stereocenters. The van der Waals surface area contributed by atoms with Crippen molar-refractivity contribution in [3.8, 4) is 5.69 Å². The highest BCUT2D eigenvalue weighted by atomic mass is 35.5. The highest BCUT2D eigenvalue weighted by Crippen LogP contribution is 2.21. The maximum atomic E-state index is 11.1. The van der Waals surface area contributed by atoms with Gasteiger partial charge in [0, 0.05) is 18.1 Å². The van der Waals surface area contributed by atoms with E-state index in [2.05, 4.69) is 0 Å². The number of aromatic carboxylic acids is 1. The summed E-state index contributed by atoms with van der Waals surface area (Å²) < 4.78 is 1.90. The second-order valence-electron chi connectivity index (χ2n) is 4.64. The third-order valence-corrected chi connectivity index (χ3v) is 3.48. The molecule has 0 bridgehead atoms. The molecule has 106 valence electrons. The lowest BCUT2D eigenvalue weighted by atomic mass is 10.1. The van der Waals surface area contributed by atoms with E-state index in [1.54, 1.807) is 18.2 Å². The van der Waals surface area contributed by atoms with Crippen LogP contribution in [0.4, 0.5) is 0 Å². The van der Waals surface area contributed by atoms with Crippen LogP contribution in [-0.4, -0.2) is 22.2 Å². The van der Waals surface area contributed by atoms with Gasteiger partial charge in [-0.15, -0.1) is 0 Å². The molecule has 1 aromatic carbocycles. The fraction of sp³-hybridized carbons (Fsp3) is 0.267. The molecule has 0 atom stereocenters. The summed E-state index contributed by atoms with van der Waals surface area (Å²) in [6, 6.07) is 7.02. The first-order chi connectivity index (χ1) is 9.61. The van der Waals surface area contributed by atoms with Gasteiger partial charge in [-0.05, 0) is 55.6 Å². The number of halogens is 1. The number of hydrogen-bond acceptors (Lipinski definition) is 2. The van der Waals surface area contributed by atoms with Crippen molar-refractivity contribution in [1.82, 2.24) is 4.57 Å². The maximum Gasteiger partial charge on any atom is 0.337 e. The van der Waals surface area contributed by atoms with Gasteiger partial charge in [-0.1, -0.05) is 11.6 Å². The molecule has 20 heavy (non-hydrogen) atoms. The Hall–Kier alpha value is -1.78. The molecular formula is C15H17ClN2O2. The summed E-state index contributed by atoms with van der Waals surface area (Å²) >= 11 is 5.87. The largest absolute Gasteiger partial charge is 0.478 e. The molecule has 2 aromatic rings. The molecule has 0 radical (unpaired) electrons. The Labute approximate surface area is 122 Å². The standard InChI is InChI=1S/C15H17ClN2O2/c16-14-5-4-12(9-13(14)15(19)20)18-8-6-11(10-18)3-1-2-7-17/h4-6,8-10H,1-3,7,17H2,(H,19,20). The molecule has 0 aliphatic heterocycles. The summed E-state index contributed by atoms with van der Waals surface area (Å²) in [5, 5.41) is 9.33. The van der Waals surface area contributed by atoms with Gasteiger partial charge in [0.25, 0.3) is 0 Å². The first-order valence-corrected chi connectivity index (χ1v) is 6.90. The Morgan fingerprint density at radius 3 is 2.80 bits per heavy atom. The van der Waals surface area contributed by atoms with Crippen LogP contribution in [0.3, 0.4) is 0 Å². The molecule has 0 fully saturated rings. The van der Waals surface area contributed by atoms with Crippen LogP contribution in [0.2, 0.25) is 5.02 Å². The lowest BCUT2D eigenvalue weighted by molar-refractivity contribution is 0.0697. The predicted molar refractivity (Wildman–Crippen MR) is 79.7 cm³/mol. The quantitative estimate of drug-likeness (QED) is 0.804. The van der Waals surface area contributed by atoms with Gasteiger partial charge in [-0.2, -0.15) is 0 Å². The van der Waals surface area contributed by atoms with Crippen LogP contribution in [0, 0.1) is 0 Å². The van der Waals surface area contributed by atoms with Gasteiger partial charge in [-0.3, -0.25) is 0 Å². The molecule has 0 aliphatic rings. The number of rotatable bonds is 6. The predicted octanol–water partition coefficient (Wildman–Crippen LogP) is 3.11. The number of hydrogen-bond donors (Lipinski definition) is 2. The lowest BCUT2D eigenvalue weighted by Gasteiger charge is -2.05. The van der Waals surface area contributed by atoms with Gasteiger partial charge in [0.05, 0.1) is 10.6 Å². The average molecular weight is 293 g/mol. The first kappa shape index (κ1) is 14.6. The number of carbonyl (C=O) groups is 1. The van der Waals surface area contributed by atoms with E-state index in [0.29, 0.717) is 6.54 Å². The highest BCUT2D eigenvalue weighted by Gasteiger charge is 2.10. The second-order valence-corrected chi connectivity index (χ2v) is 5.05. The van der Waals surface area contributed by atoms with Crippen LogP contribution in [0.15, 0.2) is 36.7 Å². The Morgan fingerprint density at radius 2 is 2.10 bits per heavy atom. The van der Waals surface area contributed by atoms with Gasteiger partial charge >= 0.3 is 5.97 Å². The van der Waals surface area contributed by atoms with E-state index in [1.165, 1.54) is 5.56 Å². The highest BCUT2D eigenvalue weighted by molar-refractivity contribution is 6.33. The molecule has 3 N–H and O–H groups in total. The van der Waals surface area contributed by atoms with Crippen LogP contribution in [0.1, 0.15) is 28.8 Å². The average Bonchev–Trinajstić information content (AvgIpc) is 2.88. The number of aromatic nitrogens is 1.